The SMILES string of the molecule is CCCCOc1ccc(/C=C(\C#N)C(=O)Nc2nc(-c3ccccc3Cl)cs2)cc1. The number of nitrogens with zero attached hydrogens (tertiary/aromatic N) is 2. The highest BCUT2D eigenvalue weighted by Gasteiger charge is 2.13. The molecule has 1 heterocycles. The van der Waals surface area contributed by atoms with Crippen molar-refractivity contribution >= 4 is 40.1 Å². The Kier molecular flexibility index (Phi) is 7.61. The quantitative estimate of drug-likeness (QED) is 0.259. The molecule has 5 nitrogen and oxygen atoms in total. The Bertz CT molecular complexity index is 1080. The van der Waals surface area contributed by atoms with E-state index in [2.05, 4.69) is 17.2 Å². The average molecular weight is 438 g/mol. The Morgan fingerprint density at radius 2 is 2.03 bits per heavy atom. The molecule has 30 heavy (non-hydrogen) atoms. The van der Waals surface area contributed by atoms with Crippen molar-refractivity contribution in [2.45, 2.75) is 19.8 Å². The molecule has 0 atom stereocenters. The molecule has 7 heteroatoms. The van der Waals surface area contributed by atoms with Gasteiger partial charge in [-0.25, -0.2) is 4.98 Å². The van der Waals surface area contributed by atoms with Gasteiger partial charge in [-0.2, -0.15) is 5.26 Å². The lowest BCUT2D eigenvalue weighted by molar-refractivity contribution is -0.112. The first-order chi connectivity index (χ1) is 14.6. The molecular weight excluding hydrogens is 418 g/mol. The van der Waals surface area contributed by atoms with Crippen LogP contribution in [-0.2, 0) is 4.79 Å². The van der Waals surface area contributed by atoms with Crippen LogP contribution in [0.4, 0.5) is 5.13 Å². The monoisotopic (exact) mass is 437 g/mol. The summed E-state index contributed by atoms with van der Waals surface area (Å²) in [4.78, 5) is 16.9. The summed E-state index contributed by atoms with van der Waals surface area (Å²) in [6.45, 7) is 2.77. The zero-order valence-electron chi connectivity index (χ0n) is 16.4. The standard InChI is InChI=1S/C23H20ClN3O2S/c1-2-3-12-29-18-10-8-16(9-11-18)13-17(14-25)22(28)27-23-26-21(15-30-23)19-6-4-5-7-20(19)24/h4-11,13,15H,2-3,12H2,1H3,(H,26,27,28)/b17-13+. The van der Waals surface area contributed by atoms with Gasteiger partial charge in [0.2, 0.25) is 0 Å². The van der Waals surface area contributed by atoms with Gasteiger partial charge in [0.05, 0.1) is 12.3 Å². The number of amides is 1. The average Bonchev–Trinajstić information content (AvgIpc) is 3.21. The molecule has 0 bridgehead atoms. The zero-order chi connectivity index (χ0) is 21.3. The maximum absolute atomic E-state index is 12.5. The van der Waals surface area contributed by atoms with Crippen molar-refractivity contribution < 1.29 is 9.53 Å². The number of thiazole rings is 1. The van der Waals surface area contributed by atoms with Crippen molar-refractivity contribution in [2.75, 3.05) is 11.9 Å². The normalized spacial score (nSPS) is 11.0. The summed E-state index contributed by atoms with van der Waals surface area (Å²) in [5.41, 5.74) is 2.18. The summed E-state index contributed by atoms with van der Waals surface area (Å²) in [5.74, 6) is 0.249. The molecule has 3 rings (SSSR count). The van der Waals surface area contributed by atoms with Crippen LogP contribution in [0.1, 0.15) is 25.3 Å². The topological polar surface area (TPSA) is 75.0 Å². The lowest BCUT2D eigenvalue weighted by Gasteiger charge is -2.05. The van der Waals surface area contributed by atoms with Crippen molar-refractivity contribution in [3.05, 3.63) is 70.1 Å². The maximum atomic E-state index is 12.5. The second kappa shape index (κ2) is 10.6. The lowest BCUT2D eigenvalue weighted by atomic mass is 10.1. The van der Waals surface area contributed by atoms with Gasteiger partial charge in [0.1, 0.15) is 17.4 Å². The number of carbonyl (C=O) groups is 1. The minimum atomic E-state index is -0.513. The van der Waals surface area contributed by atoms with Crippen LogP contribution in [-0.4, -0.2) is 17.5 Å². The smallest absolute Gasteiger partial charge is 0.268 e. The third kappa shape index (κ3) is 5.69. The summed E-state index contributed by atoms with van der Waals surface area (Å²) >= 11 is 7.47. The van der Waals surface area contributed by atoms with Crippen LogP contribution < -0.4 is 10.1 Å². The molecule has 0 radical (unpaired) electrons. The van der Waals surface area contributed by atoms with Gasteiger partial charge in [-0.1, -0.05) is 55.3 Å². The van der Waals surface area contributed by atoms with Crippen LogP contribution in [0.3, 0.4) is 0 Å². The fraction of sp³-hybridized carbons (Fsp3) is 0.174. The van der Waals surface area contributed by atoms with Gasteiger partial charge in [0, 0.05) is 16.0 Å². The number of hydrogen-bond acceptors (Lipinski definition) is 5. The molecular formula is C23H20ClN3O2S. The van der Waals surface area contributed by atoms with Crippen molar-refractivity contribution in [3.8, 4) is 23.1 Å². The van der Waals surface area contributed by atoms with Crippen molar-refractivity contribution in [1.29, 1.82) is 5.26 Å². The molecule has 0 aliphatic heterocycles. The van der Waals surface area contributed by atoms with Gasteiger partial charge in [0.25, 0.3) is 5.91 Å². The molecule has 0 spiro atoms. The number of benzene rings is 2. The largest absolute Gasteiger partial charge is 0.494 e. The van der Waals surface area contributed by atoms with Crippen LogP contribution >= 0.6 is 22.9 Å². The molecule has 3 aromatic rings. The number of nitrogens with one attached hydrogen (secondary N) is 1. The van der Waals surface area contributed by atoms with Gasteiger partial charge in [0.15, 0.2) is 5.13 Å². The van der Waals surface area contributed by atoms with Gasteiger partial charge >= 0.3 is 0 Å². The number of nitriles is 1. The maximum Gasteiger partial charge on any atom is 0.268 e. The molecule has 0 fully saturated rings. The highest BCUT2D eigenvalue weighted by Crippen LogP contribution is 2.30. The predicted molar refractivity (Wildman–Crippen MR) is 122 cm³/mol. The van der Waals surface area contributed by atoms with Crippen LogP contribution in [0.2, 0.25) is 5.02 Å². The number of ether oxygens (including phenoxy) is 1. The van der Waals surface area contributed by atoms with E-state index in [0.29, 0.717) is 22.5 Å². The van der Waals surface area contributed by atoms with Crippen LogP contribution in [0.15, 0.2) is 59.5 Å². The molecule has 1 aromatic heterocycles. The number of hydrogen-bond donors (Lipinski definition) is 1. The van der Waals surface area contributed by atoms with E-state index in [9.17, 15) is 10.1 Å². The Balaban J connectivity index is 1.68. The highest BCUT2D eigenvalue weighted by atomic mass is 35.5. The van der Waals surface area contributed by atoms with E-state index in [0.717, 1.165) is 29.7 Å². The van der Waals surface area contributed by atoms with Gasteiger partial charge in [-0.3, -0.25) is 10.1 Å². The number of anilines is 1. The van der Waals surface area contributed by atoms with E-state index in [-0.39, 0.29) is 5.57 Å². The minimum Gasteiger partial charge on any atom is -0.494 e. The molecule has 0 saturated carbocycles. The minimum absolute atomic E-state index is 0.0101. The first-order valence-corrected chi connectivity index (χ1v) is 10.7. The van der Waals surface area contributed by atoms with E-state index in [1.54, 1.807) is 6.07 Å². The number of halogens is 1. The second-order valence-electron chi connectivity index (χ2n) is 6.41. The number of rotatable bonds is 8. The van der Waals surface area contributed by atoms with Crippen LogP contribution in [0.25, 0.3) is 17.3 Å². The van der Waals surface area contributed by atoms with Crippen molar-refractivity contribution in [3.63, 3.8) is 0 Å². The van der Waals surface area contributed by atoms with E-state index in [4.69, 9.17) is 16.3 Å². The van der Waals surface area contributed by atoms with Crippen LogP contribution in [0, 0.1) is 11.3 Å². The fourth-order valence-electron chi connectivity index (χ4n) is 2.60. The summed E-state index contributed by atoms with van der Waals surface area (Å²) < 4.78 is 5.63. The van der Waals surface area contributed by atoms with Crippen molar-refractivity contribution in [2.24, 2.45) is 0 Å². The summed E-state index contributed by atoms with van der Waals surface area (Å²) in [6, 6.07) is 16.6. The van der Waals surface area contributed by atoms with E-state index >= 15 is 0 Å². The molecule has 0 aliphatic rings. The van der Waals surface area contributed by atoms with E-state index in [1.807, 2.05) is 53.9 Å². The number of unbranched alkanes of at least 4 members (excludes halogenated alkanes) is 1. The summed E-state index contributed by atoms with van der Waals surface area (Å²) in [6.07, 6.45) is 3.60. The Morgan fingerprint density at radius 3 is 2.73 bits per heavy atom. The van der Waals surface area contributed by atoms with Gasteiger partial charge in [-0.05, 0) is 36.3 Å². The van der Waals surface area contributed by atoms with Crippen LogP contribution in [0.5, 0.6) is 5.75 Å². The molecule has 2 aromatic carbocycles. The zero-order valence-corrected chi connectivity index (χ0v) is 18.0. The highest BCUT2D eigenvalue weighted by molar-refractivity contribution is 7.14. The number of carbonyl (C=O) groups excluding carboxylic acids is 1. The molecule has 152 valence electrons. The second-order valence-corrected chi connectivity index (χ2v) is 7.68. The van der Waals surface area contributed by atoms with E-state index < -0.39 is 5.91 Å². The van der Waals surface area contributed by atoms with Gasteiger partial charge < -0.3 is 4.74 Å². The third-order valence-electron chi connectivity index (χ3n) is 4.20. The van der Waals surface area contributed by atoms with E-state index in [1.165, 1.54) is 17.4 Å². The molecule has 1 N–H and O–H groups in total. The Hall–Kier alpha value is -3.14. The number of aromatic nitrogens is 1. The first-order valence-electron chi connectivity index (χ1n) is 9.47. The molecule has 0 saturated heterocycles. The Labute approximate surface area is 184 Å². The van der Waals surface area contributed by atoms with Crippen molar-refractivity contribution in [1.82, 2.24) is 4.98 Å². The Morgan fingerprint density at radius 1 is 1.27 bits per heavy atom. The van der Waals surface area contributed by atoms with Gasteiger partial charge in [-0.15, -0.1) is 11.3 Å². The fourth-order valence-corrected chi connectivity index (χ4v) is 3.54. The first kappa shape index (κ1) is 21.6. The lowest BCUT2D eigenvalue weighted by Crippen LogP contribution is -2.13. The molecule has 0 aliphatic carbocycles. The molecule has 1 amide bonds. The summed E-state index contributed by atoms with van der Waals surface area (Å²) in [7, 11) is 0. The predicted octanol–water partition coefficient (Wildman–Crippen LogP) is 6.19. The summed E-state index contributed by atoms with van der Waals surface area (Å²) in [5, 5.41) is 14.9. The third-order valence-corrected chi connectivity index (χ3v) is 5.28. The molecule has 0 unspecified atom stereocenters.